The van der Waals surface area contributed by atoms with Crippen molar-refractivity contribution in [1.82, 2.24) is 9.80 Å². The molecule has 1 atom stereocenters. The molecule has 1 aliphatic rings. The van der Waals surface area contributed by atoms with Gasteiger partial charge in [-0.25, -0.2) is 0 Å². The van der Waals surface area contributed by atoms with E-state index in [9.17, 15) is 4.79 Å². The Morgan fingerprint density at radius 1 is 1.26 bits per heavy atom. The zero-order valence-electron chi connectivity index (χ0n) is 14.7. The van der Waals surface area contributed by atoms with Gasteiger partial charge in [0.15, 0.2) is 0 Å². The van der Waals surface area contributed by atoms with Crippen LogP contribution < -0.4 is 9.47 Å². The van der Waals surface area contributed by atoms with Crippen LogP contribution in [-0.4, -0.2) is 63.2 Å². The topological polar surface area (TPSA) is 42.0 Å². The molecule has 5 nitrogen and oxygen atoms in total. The molecular weight excluding hydrogens is 292 g/mol. The molecule has 1 saturated heterocycles. The summed E-state index contributed by atoms with van der Waals surface area (Å²) in [7, 11) is 7.42. The van der Waals surface area contributed by atoms with E-state index in [1.807, 2.05) is 23.1 Å². The third-order valence-corrected chi connectivity index (χ3v) is 4.57. The lowest BCUT2D eigenvalue weighted by Crippen LogP contribution is -2.42. The molecule has 1 aromatic rings. The maximum Gasteiger partial charge on any atom is 0.227 e. The van der Waals surface area contributed by atoms with Crippen LogP contribution in [0.2, 0.25) is 0 Å². The number of likely N-dealkylation sites (tertiary alicyclic amines) is 1. The van der Waals surface area contributed by atoms with Crippen LogP contribution >= 0.6 is 0 Å². The Labute approximate surface area is 139 Å². The van der Waals surface area contributed by atoms with Gasteiger partial charge < -0.3 is 19.3 Å². The molecule has 0 N–H and O–H groups in total. The Morgan fingerprint density at radius 3 is 2.70 bits per heavy atom. The molecule has 2 rings (SSSR count). The highest BCUT2D eigenvalue weighted by Gasteiger charge is 2.24. The van der Waals surface area contributed by atoms with Crippen molar-refractivity contribution in [3.05, 3.63) is 23.8 Å². The molecule has 0 spiro atoms. The SMILES string of the molecule is COc1ccc(CC(=O)N2CCCC[C@H](N(C)C)C2)c(OC)c1. The molecule has 1 fully saturated rings. The van der Waals surface area contributed by atoms with Gasteiger partial charge in [-0.3, -0.25) is 4.79 Å². The average Bonchev–Trinajstić information content (AvgIpc) is 2.81. The van der Waals surface area contributed by atoms with Gasteiger partial charge in [-0.2, -0.15) is 0 Å². The first-order chi connectivity index (χ1) is 11.0. The fourth-order valence-electron chi connectivity index (χ4n) is 3.04. The van der Waals surface area contributed by atoms with Gasteiger partial charge in [-0.1, -0.05) is 12.5 Å². The number of hydrogen-bond acceptors (Lipinski definition) is 4. The smallest absolute Gasteiger partial charge is 0.227 e. The number of carbonyl (C=O) groups excluding carboxylic acids is 1. The lowest BCUT2D eigenvalue weighted by Gasteiger charge is -2.28. The zero-order valence-corrected chi connectivity index (χ0v) is 14.7. The highest BCUT2D eigenvalue weighted by molar-refractivity contribution is 5.79. The van der Waals surface area contributed by atoms with Gasteiger partial charge in [0, 0.05) is 30.8 Å². The molecule has 128 valence electrons. The van der Waals surface area contributed by atoms with Crippen molar-refractivity contribution in [3.8, 4) is 11.5 Å². The van der Waals surface area contributed by atoms with Gasteiger partial charge in [-0.15, -0.1) is 0 Å². The molecule has 1 aromatic carbocycles. The highest BCUT2D eigenvalue weighted by Crippen LogP contribution is 2.26. The molecular formula is C18H28N2O3. The van der Waals surface area contributed by atoms with Crippen molar-refractivity contribution in [2.24, 2.45) is 0 Å². The van der Waals surface area contributed by atoms with E-state index in [2.05, 4.69) is 19.0 Å². The minimum Gasteiger partial charge on any atom is -0.497 e. The first-order valence-corrected chi connectivity index (χ1v) is 8.20. The van der Waals surface area contributed by atoms with E-state index in [4.69, 9.17) is 9.47 Å². The molecule has 0 bridgehead atoms. The number of carbonyl (C=O) groups is 1. The average molecular weight is 320 g/mol. The standard InChI is InChI=1S/C18H28N2O3/c1-19(2)15-7-5-6-10-20(13-15)18(21)11-14-8-9-16(22-3)12-17(14)23-4/h8-9,12,15H,5-7,10-11,13H2,1-4H3/t15-/m0/s1. The summed E-state index contributed by atoms with van der Waals surface area (Å²) in [6.07, 6.45) is 3.78. The summed E-state index contributed by atoms with van der Waals surface area (Å²) >= 11 is 0. The lowest BCUT2D eigenvalue weighted by molar-refractivity contribution is -0.131. The van der Waals surface area contributed by atoms with Crippen LogP contribution in [0.15, 0.2) is 18.2 Å². The number of benzene rings is 1. The third kappa shape index (κ3) is 4.61. The zero-order chi connectivity index (χ0) is 16.8. The second-order valence-corrected chi connectivity index (χ2v) is 6.31. The second kappa shape index (κ2) is 8.20. The number of ether oxygens (including phenoxy) is 2. The first kappa shape index (κ1) is 17.6. The molecule has 0 aromatic heterocycles. The summed E-state index contributed by atoms with van der Waals surface area (Å²) in [6.45, 7) is 1.66. The molecule has 23 heavy (non-hydrogen) atoms. The van der Waals surface area contributed by atoms with E-state index in [1.54, 1.807) is 14.2 Å². The van der Waals surface area contributed by atoms with Crippen LogP contribution in [0.5, 0.6) is 11.5 Å². The molecule has 5 heteroatoms. The van der Waals surface area contributed by atoms with Crippen molar-refractivity contribution in [2.75, 3.05) is 41.4 Å². The molecule has 0 radical (unpaired) electrons. The molecule has 0 unspecified atom stereocenters. The number of amides is 1. The summed E-state index contributed by atoms with van der Waals surface area (Å²) in [5, 5.41) is 0. The van der Waals surface area contributed by atoms with Crippen LogP contribution in [0.4, 0.5) is 0 Å². The molecule has 1 heterocycles. The molecule has 0 aliphatic carbocycles. The van der Waals surface area contributed by atoms with E-state index < -0.39 is 0 Å². The second-order valence-electron chi connectivity index (χ2n) is 6.31. The van der Waals surface area contributed by atoms with E-state index in [0.29, 0.717) is 18.2 Å². The maximum atomic E-state index is 12.7. The Bertz CT molecular complexity index is 531. The van der Waals surface area contributed by atoms with Crippen LogP contribution in [0.1, 0.15) is 24.8 Å². The number of nitrogens with zero attached hydrogens (tertiary/aromatic N) is 2. The van der Waals surface area contributed by atoms with Gasteiger partial charge in [-0.05, 0) is 33.0 Å². The molecule has 0 saturated carbocycles. The minimum absolute atomic E-state index is 0.169. The largest absolute Gasteiger partial charge is 0.497 e. The van der Waals surface area contributed by atoms with Gasteiger partial charge >= 0.3 is 0 Å². The number of methoxy groups -OCH3 is 2. The van der Waals surface area contributed by atoms with E-state index >= 15 is 0 Å². The Kier molecular flexibility index (Phi) is 6.28. The Morgan fingerprint density at radius 2 is 2.04 bits per heavy atom. The van der Waals surface area contributed by atoms with Crippen LogP contribution in [0.25, 0.3) is 0 Å². The quantitative estimate of drug-likeness (QED) is 0.834. The van der Waals surface area contributed by atoms with Crippen molar-refractivity contribution < 1.29 is 14.3 Å². The van der Waals surface area contributed by atoms with Crippen molar-refractivity contribution in [3.63, 3.8) is 0 Å². The fraction of sp³-hybridized carbons (Fsp3) is 0.611. The predicted molar refractivity (Wildman–Crippen MR) is 91.2 cm³/mol. The van der Waals surface area contributed by atoms with E-state index in [1.165, 1.54) is 6.42 Å². The van der Waals surface area contributed by atoms with Crippen LogP contribution in [0, 0.1) is 0 Å². The van der Waals surface area contributed by atoms with E-state index in [-0.39, 0.29) is 5.91 Å². The highest BCUT2D eigenvalue weighted by atomic mass is 16.5. The van der Waals surface area contributed by atoms with Gasteiger partial charge in [0.2, 0.25) is 5.91 Å². The summed E-state index contributed by atoms with van der Waals surface area (Å²) in [4.78, 5) is 17.0. The summed E-state index contributed by atoms with van der Waals surface area (Å²) in [5.41, 5.74) is 0.906. The van der Waals surface area contributed by atoms with Crippen molar-refractivity contribution in [1.29, 1.82) is 0 Å². The Hall–Kier alpha value is -1.75. The first-order valence-electron chi connectivity index (χ1n) is 8.20. The normalized spacial score (nSPS) is 18.7. The van der Waals surface area contributed by atoms with Crippen LogP contribution in [0.3, 0.4) is 0 Å². The van der Waals surface area contributed by atoms with E-state index in [0.717, 1.165) is 37.2 Å². The van der Waals surface area contributed by atoms with Gasteiger partial charge in [0.05, 0.1) is 20.6 Å². The monoisotopic (exact) mass is 320 g/mol. The molecule has 1 amide bonds. The number of likely N-dealkylation sites (N-methyl/N-ethyl adjacent to an activating group) is 1. The predicted octanol–water partition coefficient (Wildman–Crippen LogP) is 2.19. The van der Waals surface area contributed by atoms with Crippen molar-refractivity contribution in [2.45, 2.75) is 31.7 Å². The number of hydrogen-bond donors (Lipinski definition) is 0. The fourth-order valence-corrected chi connectivity index (χ4v) is 3.04. The minimum atomic E-state index is 0.169. The summed E-state index contributed by atoms with van der Waals surface area (Å²) in [6, 6.07) is 6.06. The summed E-state index contributed by atoms with van der Waals surface area (Å²) in [5.74, 6) is 1.61. The summed E-state index contributed by atoms with van der Waals surface area (Å²) < 4.78 is 10.6. The third-order valence-electron chi connectivity index (χ3n) is 4.57. The maximum absolute atomic E-state index is 12.7. The van der Waals surface area contributed by atoms with Crippen LogP contribution in [-0.2, 0) is 11.2 Å². The molecule has 1 aliphatic heterocycles. The van der Waals surface area contributed by atoms with Crippen molar-refractivity contribution >= 4 is 5.91 Å². The Balaban J connectivity index is 2.08. The lowest BCUT2D eigenvalue weighted by atomic mass is 10.1. The van der Waals surface area contributed by atoms with Gasteiger partial charge in [0.25, 0.3) is 0 Å². The van der Waals surface area contributed by atoms with Gasteiger partial charge in [0.1, 0.15) is 11.5 Å². The number of rotatable bonds is 5.